The predicted molar refractivity (Wildman–Crippen MR) is 142 cm³/mol. The molecular formula is C30H54O3. The van der Waals surface area contributed by atoms with Crippen molar-refractivity contribution in [2.45, 2.75) is 143 Å². The highest BCUT2D eigenvalue weighted by Gasteiger charge is 2.29. The standard InChI is InChI=1S/3C10H18O/c1-8-4-6-9(7-5-8)10(2,3)11;2*1-8(2)9-4-6-10(3,11)7-5-9/h4,9,11H,5-7H2,1-3H3;11H,4-7H2,1-3H3;9,11H,1,4-7H2,2-3H3. The second kappa shape index (κ2) is 12.7. The van der Waals surface area contributed by atoms with Crippen LogP contribution in [0.4, 0.5) is 0 Å². The van der Waals surface area contributed by atoms with E-state index in [9.17, 15) is 15.3 Å². The first kappa shape index (κ1) is 30.1. The molecule has 0 aromatic rings. The maximum Gasteiger partial charge on any atom is 0.0625 e. The summed E-state index contributed by atoms with van der Waals surface area (Å²) in [4.78, 5) is 0. The monoisotopic (exact) mass is 462 g/mol. The zero-order valence-corrected chi connectivity index (χ0v) is 23.1. The molecule has 0 aromatic heterocycles. The number of hydrogen-bond donors (Lipinski definition) is 3. The second-order valence-electron chi connectivity index (χ2n) is 12.4. The van der Waals surface area contributed by atoms with Crippen LogP contribution in [0.15, 0.2) is 34.9 Å². The van der Waals surface area contributed by atoms with Crippen molar-refractivity contribution in [3.05, 3.63) is 34.9 Å². The van der Waals surface area contributed by atoms with E-state index in [0.717, 1.165) is 70.6 Å². The van der Waals surface area contributed by atoms with Crippen LogP contribution in [0.25, 0.3) is 0 Å². The quantitative estimate of drug-likeness (QED) is 0.369. The zero-order valence-electron chi connectivity index (χ0n) is 23.1. The van der Waals surface area contributed by atoms with Crippen molar-refractivity contribution in [2.24, 2.45) is 11.8 Å². The molecule has 0 radical (unpaired) electrons. The van der Waals surface area contributed by atoms with Gasteiger partial charge in [0.25, 0.3) is 0 Å². The van der Waals surface area contributed by atoms with Gasteiger partial charge in [-0.15, -0.1) is 0 Å². The lowest BCUT2D eigenvalue weighted by Crippen LogP contribution is -2.31. The van der Waals surface area contributed by atoms with Gasteiger partial charge in [-0.25, -0.2) is 0 Å². The van der Waals surface area contributed by atoms with Crippen molar-refractivity contribution >= 4 is 0 Å². The van der Waals surface area contributed by atoms with Gasteiger partial charge in [0, 0.05) is 0 Å². The Kier molecular flexibility index (Phi) is 11.6. The first-order valence-electron chi connectivity index (χ1n) is 13.2. The van der Waals surface area contributed by atoms with Crippen molar-refractivity contribution in [3.8, 4) is 0 Å². The van der Waals surface area contributed by atoms with Crippen molar-refractivity contribution in [1.82, 2.24) is 0 Å². The molecule has 33 heavy (non-hydrogen) atoms. The van der Waals surface area contributed by atoms with Crippen LogP contribution in [0.1, 0.15) is 126 Å². The summed E-state index contributed by atoms with van der Waals surface area (Å²) in [6.07, 6.45) is 13.8. The van der Waals surface area contributed by atoms with E-state index in [1.165, 1.54) is 16.7 Å². The third kappa shape index (κ3) is 11.9. The molecule has 0 aromatic carbocycles. The SMILES string of the molecule is C=C(C)C1CCC(C)(O)CC1.CC(C)=C1CCC(C)(O)CC1.CC1=CCC(C(C)(C)O)CC1. The summed E-state index contributed by atoms with van der Waals surface area (Å²) in [6, 6.07) is 0. The number of aliphatic hydroxyl groups is 3. The molecule has 1 unspecified atom stereocenters. The van der Waals surface area contributed by atoms with Gasteiger partial charge in [0.05, 0.1) is 16.8 Å². The van der Waals surface area contributed by atoms with Crippen LogP contribution < -0.4 is 0 Å². The maximum atomic E-state index is 9.70. The highest BCUT2D eigenvalue weighted by Crippen LogP contribution is 2.35. The van der Waals surface area contributed by atoms with E-state index in [4.69, 9.17) is 0 Å². The third-order valence-corrected chi connectivity index (χ3v) is 8.03. The molecule has 0 bridgehead atoms. The van der Waals surface area contributed by atoms with E-state index in [0.29, 0.717) is 11.8 Å². The average Bonchev–Trinajstić information content (AvgIpc) is 2.68. The van der Waals surface area contributed by atoms with Gasteiger partial charge in [-0.1, -0.05) is 34.9 Å². The molecular weight excluding hydrogens is 408 g/mol. The Hall–Kier alpha value is -0.900. The Morgan fingerprint density at radius 2 is 1.39 bits per heavy atom. The van der Waals surface area contributed by atoms with Gasteiger partial charge in [-0.2, -0.15) is 0 Å². The summed E-state index contributed by atoms with van der Waals surface area (Å²) in [6.45, 7) is 20.2. The molecule has 3 rings (SSSR count). The molecule has 3 N–H and O–H groups in total. The molecule has 2 fully saturated rings. The van der Waals surface area contributed by atoms with E-state index in [1.54, 1.807) is 5.57 Å². The summed E-state index contributed by atoms with van der Waals surface area (Å²) >= 11 is 0. The summed E-state index contributed by atoms with van der Waals surface area (Å²) < 4.78 is 0. The summed E-state index contributed by atoms with van der Waals surface area (Å²) in [5.41, 5.74) is 4.48. The molecule has 0 amide bonds. The largest absolute Gasteiger partial charge is 0.390 e. The highest BCUT2D eigenvalue weighted by atomic mass is 16.3. The van der Waals surface area contributed by atoms with E-state index in [1.807, 2.05) is 27.7 Å². The Balaban J connectivity index is 0.000000247. The minimum Gasteiger partial charge on any atom is -0.390 e. The Bertz CT molecular complexity index is 662. The van der Waals surface area contributed by atoms with Crippen molar-refractivity contribution < 1.29 is 15.3 Å². The Morgan fingerprint density at radius 3 is 1.76 bits per heavy atom. The molecule has 3 aliphatic carbocycles. The van der Waals surface area contributed by atoms with E-state index < -0.39 is 11.2 Å². The lowest BCUT2D eigenvalue weighted by atomic mass is 9.77. The summed E-state index contributed by atoms with van der Waals surface area (Å²) in [7, 11) is 0. The summed E-state index contributed by atoms with van der Waals surface area (Å²) in [5.74, 6) is 1.13. The predicted octanol–water partition coefficient (Wildman–Crippen LogP) is 7.66. The molecule has 0 spiro atoms. The molecule has 2 saturated carbocycles. The minimum atomic E-state index is -0.489. The van der Waals surface area contributed by atoms with Crippen LogP contribution >= 0.6 is 0 Å². The lowest BCUT2D eigenvalue weighted by molar-refractivity contribution is 0.0122. The van der Waals surface area contributed by atoms with Crippen LogP contribution in [0, 0.1) is 11.8 Å². The van der Waals surface area contributed by atoms with Crippen molar-refractivity contribution in [2.75, 3.05) is 0 Å². The van der Waals surface area contributed by atoms with Crippen LogP contribution in [0.5, 0.6) is 0 Å². The van der Waals surface area contributed by atoms with Gasteiger partial charge in [0.2, 0.25) is 0 Å². The normalized spacial score (nSPS) is 32.5. The van der Waals surface area contributed by atoms with E-state index in [2.05, 4.69) is 40.3 Å². The topological polar surface area (TPSA) is 60.7 Å². The maximum absolute atomic E-state index is 9.70. The molecule has 1 atom stereocenters. The number of hydrogen-bond acceptors (Lipinski definition) is 3. The molecule has 3 nitrogen and oxygen atoms in total. The Morgan fingerprint density at radius 1 is 0.909 bits per heavy atom. The van der Waals surface area contributed by atoms with Gasteiger partial charge in [0.1, 0.15) is 0 Å². The molecule has 0 aliphatic heterocycles. The van der Waals surface area contributed by atoms with Gasteiger partial charge in [-0.05, 0) is 138 Å². The molecule has 0 saturated heterocycles. The van der Waals surface area contributed by atoms with Gasteiger partial charge in [-0.3, -0.25) is 0 Å². The Labute approximate surface area is 205 Å². The van der Waals surface area contributed by atoms with Crippen LogP contribution in [0.3, 0.4) is 0 Å². The zero-order chi connectivity index (χ0) is 25.4. The van der Waals surface area contributed by atoms with Crippen LogP contribution in [-0.4, -0.2) is 32.1 Å². The smallest absolute Gasteiger partial charge is 0.0625 e. The van der Waals surface area contributed by atoms with Crippen LogP contribution in [-0.2, 0) is 0 Å². The second-order valence-corrected chi connectivity index (χ2v) is 12.4. The van der Waals surface area contributed by atoms with Crippen molar-refractivity contribution in [3.63, 3.8) is 0 Å². The fraction of sp³-hybridized carbons (Fsp3) is 0.800. The third-order valence-electron chi connectivity index (χ3n) is 8.03. The molecule has 3 heteroatoms. The van der Waals surface area contributed by atoms with E-state index >= 15 is 0 Å². The lowest BCUT2D eigenvalue weighted by Gasteiger charge is -2.33. The first-order chi connectivity index (χ1) is 15.0. The van der Waals surface area contributed by atoms with Crippen molar-refractivity contribution in [1.29, 1.82) is 0 Å². The van der Waals surface area contributed by atoms with E-state index in [-0.39, 0.29) is 5.60 Å². The van der Waals surface area contributed by atoms with Gasteiger partial charge < -0.3 is 15.3 Å². The fourth-order valence-electron chi connectivity index (χ4n) is 4.93. The number of allylic oxidation sites excluding steroid dienone is 5. The van der Waals surface area contributed by atoms with Gasteiger partial charge in [0.15, 0.2) is 0 Å². The molecule has 0 heterocycles. The summed E-state index contributed by atoms with van der Waals surface area (Å²) in [5, 5.41) is 29.0. The van der Waals surface area contributed by atoms with Crippen LogP contribution in [0.2, 0.25) is 0 Å². The molecule has 3 aliphatic rings. The fourth-order valence-corrected chi connectivity index (χ4v) is 4.93. The van der Waals surface area contributed by atoms with Gasteiger partial charge >= 0.3 is 0 Å². The average molecular weight is 463 g/mol. The first-order valence-corrected chi connectivity index (χ1v) is 13.2. The minimum absolute atomic E-state index is 0.390. The molecule has 192 valence electrons. The number of rotatable bonds is 2. The highest BCUT2D eigenvalue weighted by molar-refractivity contribution is 5.13.